The van der Waals surface area contributed by atoms with Crippen molar-refractivity contribution in [3.63, 3.8) is 0 Å². The highest BCUT2D eigenvalue weighted by molar-refractivity contribution is 4.88. The Morgan fingerprint density at radius 3 is 2.60 bits per heavy atom. The fraction of sp³-hybridized carbons (Fsp3) is 0.833. The number of hydrogen-bond acceptors (Lipinski definition) is 1. The smallest absolute Gasteiger partial charge is 0.263 e. The maximum Gasteiger partial charge on any atom is 0.263 e. The summed E-state index contributed by atoms with van der Waals surface area (Å²) in [7, 11) is 0. The number of nitrogens with one attached hydrogen (secondary N) is 1. The molecular weight excluding hydrogens is 196 g/mol. The van der Waals surface area contributed by atoms with Crippen LogP contribution in [0.5, 0.6) is 0 Å². The molecule has 1 saturated carbocycles. The Hall–Kier alpha value is -0.440. The molecule has 1 aliphatic rings. The standard InChI is InChI=1S/C12H21F2N/c1-10(2)5-4-8-15-9-12(13,14)11-6-3-7-11/h11,15H,1,3-9H2,2H3. The average Bonchev–Trinajstić information content (AvgIpc) is 1.98. The van der Waals surface area contributed by atoms with E-state index in [1.165, 1.54) is 0 Å². The lowest BCUT2D eigenvalue weighted by Gasteiger charge is -2.33. The van der Waals surface area contributed by atoms with Crippen molar-refractivity contribution in [1.29, 1.82) is 0 Å². The van der Waals surface area contributed by atoms with E-state index < -0.39 is 5.92 Å². The van der Waals surface area contributed by atoms with Crippen molar-refractivity contribution in [2.45, 2.75) is 45.0 Å². The first-order valence-corrected chi connectivity index (χ1v) is 5.75. The minimum Gasteiger partial charge on any atom is -0.311 e. The van der Waals surface area contributed by atoms with E-state index in [-0.39, 0.29) is 12.5 Å². The van der Waals surface area contributed by atoms with E-state index in [4.69, 9.17) is 0 Å². The molecule has 0 aromatic carbocycles. The third-order valence-electron chi connectivity index (χ3n) is 3.02. The Bertz CT molecular complexity index is 210. The van der Waals surface area contributed by atoms with Gasteiger partial charge in [0.2, 0.25) is 0 Å². The number of rotatable bonds is 7. The highest BCUT2D eigenvalue weighted by Gasteiger charge is 2.42. The van der Waals surface area contributed by atoms with Gasteiger partial charge in [0.25, 0.3) is 5.92 Å². The Morgan fingerprint density at radius 1 is 1.47 bits per heavy atom. The largest absolute Gasteiger partial charge is 0.311 e. The van der Waals surface area contributed by atoms with Crippen LogP contribution in [-0.2, 0) is 0 Å². The quantitative estimate of drug-likeness (QED) is 0.509. The Balaban J connectivity index is 2.05. The van der Waals surface area contributed by atoms with Crippen molar-refractivity contribution < 1.29 is 8.78 Å². The van der Waals surface area contributed by atoms with Crippen molar-refractivity contribution in [3.05, 3.63) is 12.2 Å². The number of alkyl halides is 2. The summed E-state index contributed by atoms with van der Waals surface area (Å²) >= 11 is 0. The first-order valence-electron chi connectivity index (χ1n) is 5.75. The van der Waals surface area contributed by atoms with Crippen LogP contribution in [-0.4, -0.2) is 19.0 Å². The van der Waals surface area contributed by atoms with Crippen LogP contribution in [0.25, 0.3) is 0 Å². The molecule has 3 heteroatoms. The van der Waals surface area contributed by atoms with E-state index in [0.29, 0.717) is 19.4 Å². The maximum absolute atomic E-state index is 13.4. The van der Waals surface area contributed by atoms with Gasteiger partial charge in [0.05, 0.1) is 6.54 Å². The van der Waals surface area contributed by atoms with Gasteiger partial charge in [0.1, 0.15) is 0 Å². The molecule has 0 aromatic heterocycles. The molecule has 0 atom stereocenters. The molecule has 1 aliphatic carbocycles. The Kier molecular flexibility index (Phi) is 4.71. The summed E-state index contributed by atoms with van der Waals surface area (Å²) in [4.78, 5) is 0. The van der Waals surface area contributed by atoms with Crippen molar-refractivity contribution in [2.24, 2.45) is 5.92 Å². The molecule has 0 radical (unpaired) electrons. The zero-order valence-corrected chi connectivity index (χ0v) is 9.49. The molecule has 0 aliphatic heterocycles. The second kappa shape index (κ2) is 5.59. The van der Waals surface area contributed by atoms with Gasteiger partial charge < -0.3 is 5.32 Å². The van der Waals surface area contributed by atoms with Crippen LogP contribution in [0.15, 0.2) is 12.2 Å². The van der Waals surface area contributed by atoms with Gasteiger partial charge >= 0.3 is 0 Å². The monoisotopic (exact) mass is 217 g/mol. The van der Waals surface area contributed by atoms with Crippen molar-refractivity contribution in [3.8, 4) is 0 Å². The summed E-state index contributed by atoms with van der Waals surface area (Å²) in [5, 5.41) is 2.84. The van der Waals surface area contributed by atoms with Gasteiger partial charge in [-0.05, 0) is 39.2 Å². The predicted molar refractivity (Wildman–Crippen MR) is 59.2 cm³/mol. The van der Waals surface area contributed by atoms with Gasteiger partial charge in [-0.2, -0.15) is 0 Å². The minimum absolute atomic E-state index is 0.159. The molecule has 0 unspecified atom stereocenters. The predicted octanol–water partition coefficient (Wildman–Crippen LogP) is 3.37. The first kappa shape index (κ1) is 12.6. The van der Waals surface area contributed by atoms with E-state index in [1.807, 2.05) is 6.92 Å². The zero-order chi connectivity index (χ0) is 11.3. The molecule has 0 bridgehead atoms. The second-order valence-electron chi connectivity index (χ2n) is 4.63. The Labute approximate surface area is 90.9 Å². The molecule has 0 amide bonds. The van der Waals surface area contributed by atoms with Crippen molar-refractivity contribution in [2.75, 3.05) is 13.1 Å². The summed E-state index contributed by atoms with van der Waals surface area (Å²) in [6.45, 7) is 6.24. The van der Waals surface area contributed by atoms with Crippen LogP contribution in [0.4, 0.5) is 8.78 Å². The topological polar surface area (TPSA) is 12.0 Å². The normalized spacial score (nSPS) is 17.5. The molecule has 88 valence electrons. The summed E-state index contributed by atoms with van der Waals surface area (Å²) in [5.74, 6) is -2.87. The molecule has 15 heavy (non-hydrogen) atoms. The van der Waals surface area contributed by atoms with Crippen LogP contribution in [0.2, 0.25) is 0 Å². The fourth-order valence-corrected chi connectivity index (χ4v) is 1.75. The van der Waals surface area contributed by atoms with Gasteiger partial charge in [-0.3, -0.25) is 0 Å². The lowest BCUT2D eigenvalue weighted by Crippen LogP contribution is -2.42. The van der Waals surface area contributed by atoms with Crippen LogP contribution in [0.3, 0.4) is 0 Å². The SMILES string of the molecule is C=C(C)CCCNCC(F)(F)C1CCC1. The second-order valence-corrected chi connectivity index (χ2v) is 4.63. The average molecular weight is 217 g/mol. The van der Waals surface area contributed by atoms with E-state index >= 15 is 0 Å². The zero-order valence-electron chi connectivity index (χ0n) is 9.49. The lowest BCUT2D eigenvalue weighted by atomic mass is 9.80. The number of hydrogen-bond donors (Lipinski definition) is 1. The maximum atomic E-state index is 13.4. The summed E-state index contributed by atoms with van der Waals surface area (Å²) < 4.78 is 26.7. The molecule has 1 nitrogen and oxygen atoms in total. The molecule has 0 spiro atoms. The van der Waals surface area contributed by atoms with Crippen LogP contribution >= 0.6 is 0 Å². The molecule has 0 saturated heterocycles. The summed E-state index contributed by atoms with van der Waals surface area (Å²) in [6, 6.07) is 0. The van der Waals surface area contributed by atoms with E-state index in [9.17, 15) is 8.78 Å². The molecular formula is C12H21F2N. The van der Waals surface area contributed by atoms with E-state index in [0.717, 1.165) is 24.8 Å². The summed E-state index contributed by atoms with van der Waals surface area (Å²) in [5.41, 5.74) is 1.11. The molecule has 1 rings (SSSR count). The molecule has 1 fully saturated rings. The molecule has 0 heterocycles. The Morgan fingerprint density at radius 2 is 2.13 bits per heavy atom. The van der Waals surface area contributed by atoms with E-state index in [1.54, 1.807) is 0 Å². The highest BCUT2D eigenvalue weighted by Crippen LogP contribution is 2.39. The lowest BCUT2D eigenvalue weighted by molar-refractivity contribution is -0.0842. The van der Waals surface area contributed by atoms with Crippen LogP contribution < -0.4 is 5.32 Å². The molecule has 0 aromatic rings. The minimum atomic E-state index is -2.50. The van der Waals surface area contributed by atoms with Crippen molar-refractivity contribution in [1.82, 2.24) is 5.32 Å². The van der Waals surface area contributed by atoms with Gasteiger partial charge in [0, 0.05) is 5.92 Å². The fourth-order valence-electron chi connectivity index (χ4n) is 1.75. The third kappa shape index (κ3) is 4.29. The van der Waals surface area contributed by atoms with Gasteiger partial charge in [-0.25, -0.2) is 8.78 Å². The highest BCUT2D eigenvalue weighted by atomic mass is 19.3. The number of halogens is 2. The van der Waals surface area contributed by atoms with Gasteiger partial charge in [-0.1, -0.05) is 12.0 Å². The summed E-state index contributed by atoms with van der Waals surface area (Å²) in [6.07, 6.45) is 4.18. The first-order chi connectivity index (χ1) is 7.02. The van der Waals surface area contributed by atoms with Gasteiger partial charge in [-0.15, -0.1) is 6.58 Å². The van der Waals surface area contributed by atoms with Gasteiger partial charge in [0.15, 0.2) is 0 Å². The van der Waals surface area contributed by atoms with Crippen molar-refractivity contribution >= 4 is 0 Å². The van der Waals surface area contributed by atoms with E-state index in [2.05, 4.69) is 11.9 Å². The number of allylic oxidation sites excluding steroid dienone is 1. The van der Waals surface area contributed by atoms with Crippen LogP contribution in [0, 0.1) is 5.92 Å². The van der Waals surface area contributed by atoms with Crippen LogP contribution in [0.1, 0.15) is 39.0 Å². The third-order valence-corrected chi connectivity index (χ3v) is 3.02. The molecule has 1 N–H and O–H groups in total.